The molecule has 9 nitrogen and oxygen atoms in total. The number of nitrogens with zero attached hydrogens (tertiary/aromatic N) is 3. The second-order valence-electron chi connectivity index (χ2n) is 7.68. The van der Waals surface area contributed by atoms with E-state index < -0.39 is 25.1 Å². The van der Waals surface area contributed by atoms with E-state index >= 15 is 0 Å². The van der Waals surface area contributed by atoms with Crippen molar-refractivity contribution < 1.29 is 85.1 Å². The molecule has 5 aromatic rings. The largest absolute Gasteiger partial charge is 1.00 e. The minimum atomic E-state index is -4.81. The molecule has 4 aromatic carbocycles. The van der Waals surface area contributed by atoms with Crippen molar-refractivity contribution in [1.29, 1.82) is 0 Å². The summed E-state index contributed by atoms with van der Waals surface area (Å²) in [6.45, 7) is 0. The van der Waals surface area contributed by atoms with Gasteiger partial charge in [-0.3, -0.25) is 0 Å². The molecule has 0 amide bonds. The van der Waals surface area contributed by atoms with Gasteiger partial charge in [-0.15, -0.1) is 10.2 Å². The van der Waals surface area contributed by atoms with E-state index in [0.717, 1.165) is 5.56 Å². The van der Waals surface area contributed by atoms with Crippen LogP contribution in [0.25, 0.3) is 39.6 Å². The Bertz CT molecular complexity index is 1860. The van der Waals surface area contributed by atoms with Gasteiger partial charge in [-0.1, -0.05) is 60.7 Å². The van der Waals surface area contributed by atoms with Crippen LogP contribution in [0.2, 0.25) is 0 Å². The topological polar surface area (TPSA) is 145 Å². The quantitative estimate of drug-likeness (QED) is 0.133. The molecule has 0 spiro atoms. The molecule has 13 heteroatoms. The zero-order valence-corrected chi connectivity index (χ0v) is 25.4. The van der Waals surface area contributed by atoms with Crippen molar-refractivity contribution in [3.63, 3.8) is 0 Å². The van der Waals surface area contributed by atoms with Gasteiger partial charge in [0.15, 0.2) is 0 Å². The molecule has 0 N–H and O–H groups in total. The molecule has 0 aliphatic heterocycles. The van der Waals surface area contributed by atoms with Crippen LogP contribution in [0.5, 0.6) is 0 Å². The number of hydrogen-bond acceptors (Lipinski definition) is 8. The van der Waals surface area contributed by atoms with Crippen molar-refractivity contribution >= 4 is 54.2 Å². The van der Waals surface area contributed by atoms with Crippen molar-refractivity contribution in [1.82, 2.24) is 15.0 Å². The van der Waals surface area contributed by atoms with Gasteiger partial charge >= 0.3 is 59.1 Å². The van der Waals surface area contributed by atoms with Crippen molar-refractivity contribution in [2.45, 2.75) is 9.79 Å². The molecular formula is C24H15N3Na2O6S2. The minimum Gasteiger partial charge on any atom is -0.744 e. The zero-order chi connectivity index (χ0) is 24.8. The number of hydrogen-bond donors (Lipinski definition) is 0. The number of fused-ring (bicyclic) bond motifs is 3. The number of aromatic nitrogens is 3. The first-order valence-corrected chi connectivity index (χ1v) is 13.0. The number of benzene rings is 4. The third-order valence-electron chi connectivity index (χ3n) is 5.38. The molecule has 1 aromatic heterocycles. The summed E-state index contributed by atoms with van der Waals surface area (Å²) in [4.78, 5) is 0.418. The Morgan fingerprint density at radius 3 is 2.14 bits per heavy atom. The Balaban J connectivity index is 0.00000190. The van der Waals surface area contributed by atoms with E-state index in [0.29, 0.717) is 21.8 Å². The molecule has 0 bridgehead atoms. The molecule has 0 aliphatic carbocycles. The van der Waals surface area contributed by atoms with Crippen LogP contribution in [0.4, 0.5) is 0 Å². The average Bonchev–Trinajstić information content (AvgIpc) is 3.27. The molecular weight excluding hydrogens is 536 g/mol. The van der Waals surface area contributed by atoms with Gasteiger partial charge in [0.1, 0.15) is 31.3 Å². The van der Waals surface area contributed by atoms with Crippen LogP contribution in [0.15, 0.2) is 88.7 Å². The van der Waals surface area contributed by atoms with E-state index in [-0.39, 0.29) is 75.3 Å². The minimum absolute atomic E-state index is 0. The summed E-state index contributed by atoms with van der Waals surface area (Å²) in [5, 5.41) is 9.81. The molecule has 1 heterocycles. The van der Waals surface area contributed by atoms with E-state index in [2.05, 4.69) is 10.2 Å². The molecule has 0 aliphatic rings. The second kappa shape index (κ2) is 11.5. The summed E-state index contributed by atoms with van der Waals surface area (Å²) in [7, 11) is -9.42. The van der Waals surface area contributed by atoms with Crippen molar-refractivity contribution in [2.75, 3.05) is 0 Å². The summed E-state index contributed by atoms with van der Waals surface area (Å²) in [6.07, 6.45) is 3.25. The van der Waals surface area contributed by atoms with E-state index in [9.17, 15) is 25.9 Å². The summed E-state index contributed by atoms with van der Waals surface area (Å²) in [6, 6.07) is 20.6. The molecule has 37 heavy (non-hydrogen) atoms. The first-order chi connectivity index (χ1) is 16.6. The molecule has 0 fully saturated rings. The molecule has 5 rings (SSSR count). The van der Waals surface area contributed by atoms with E-state index in [1.54, 1.807) is 30.4 Å². The zero-order valence-electron chi connectivity index (χ0n) is 19.8. The van der Waals surface area contributed by atoms with Gasteiger partial charge in [0, 0.05) is 5.39 Å². The first kappa shape index (κ1) is 29.7. The first-order valence-electron chi connectivity index (χ1n) is 10.2. The predicted octanol–water partition coefficient (Wildman–Crippen LogP) is -2.44. The maximum atomic E-state index is 12.0. The van der Waals surface area contributed by atoms with Crippen LogP contribution in [0, 0.1) is 0 Å². The van der Waals surface area contributed by atoms with Crippen LogP contribution >= 0.6 is 0 Å². The van der Waals surface area contributed by atoms with Crippen LogP contribution in [-0.4, -0.2) is 40.9 Å². The molecule has 0 unspecified atom stereocenters. The fraction of sp³-hybridized carbons (Fsp3) is 0. The Kier molecular flexibility index (Phi) is 9.18. The van der Waals surface area contributed by atoms with E-state index in [1.807, 2.05) is 30.3 Å². The maximum Gasteiger partial charge on any atom is 1.00 e. The average molecular weight is 552 g/mol. The maximum absolute atomic E-state index is 12.0. The van der Waals surface area contributed by atoms with Gasteiger partial charge in [0.25, 0.3) is 0 Å². The predicted molar refractivity (Wildman–Crippen MR) is 128 cm³/mol. The summed E-state index contributed by atoms with van der Waals surface area (Å²) in [5.74, 6) is 0. The van der Waals surface area contributed by atoms with Gasteiger partial charge in [-0.25, -0.2) is 16.8 Å². The third kappa shape index (κ3) is 6.40. The second-order valence-corrected chi connectivity index (χ2v) is 10.4. The Labute approximate surface area is 257 Å². The Hall–Kier alpha value is -1.90. The van der Waals surface area contributed by atoms with Crippen LogP contribution < -0.4 is 59.1 Å². The molecule has 176 valence electrons. The molecule has 0 saturated heterocycles. The Morgan fingerprint density at radius 1 is 0.730 bits per heavy atom. The fourth-order valence-electron chi connectivity index (χ4n) is 3.71. The van der Waals surface area contributed by atoms with Crippen molar-refractivity contribution in [3.8, 4) is 5.69 Å². The summed E-state index contributed by atoms with van der Waals surface area (Å²) >= 11 is 0. The van der Waals surface area contributed by atoms with Gasteiger partial charge in [0.2, 0.25) is 0 Å². The van der Waals surface area contributed by atoms with Gasteiger partial charge in [-0.2, -0.15) is 4.80 Å². The van der Waals surface area contributed by atoms with Crippen molar-refractivity contribution in [2.24, 2.45) is 0 Å². The normalized spacial score (nSPS) is 11.9. The van der Waals surface area contributed by atoms with Gasteiger partial charge in [-0.05, 0) is 46.8 Å². The smallest absolute Gasteiger partial charge is 0.744 e. The third-order valence-corrected chi connectivity index (χ3v) is 7.10. The van der Waals surface area contributed by atoms with Crippen LogP contribution in [-0.2, 0) is 20.2 Å². The van der Waals surface area contributed by atoms with Crippen molar-refractivity contribution in [3.05, 3.63) is 90.0 Å². The van der Waals surface area contributed by atoms with Crippen LogP contribution in [0.3, 0.4) is 0 Å². The molecule has 0 saturated carbocycles. The standard InChI is InChI=1S/C24H17N3O6S2.2Na/c28-34(29,30)20-11-12-21-18(14-20)9-13-22-24(21)26-27(25-22)19-10-8-17(23(15-19)35(31,32)33)7-6-16-4-2-1-3-5-16;;/h1-15H,(H,28,29,30)(H,31,32,33);;/q;2*+1/p-2/b7-6+;;. The van der Waals surface area contributed by atoms with Crippen LogP contribution in [0.1, 0.15) is 11.1 Å². The van der Waals surface area contributed by atoms with Gasteiger partial charge < -0.3 is 9.11 Å². The molecule has 0 atom stereocenters. The molecule has 0 radical (unpaired) electrons. The Morgan fingerprint density at radius 2 is 1.46 bits per heavy atom. The van der Waals surface area contributed by atoms with Gasteiger partial charge in [0.05, 0.1) is 15.5 Å². The number of rotatable bonds is 5. The summed E-state index contributed by atoms with van der Waals surface area (Å²) < 4.78 is 70.0. The fourth-order valence-corrected chi connectivity index (χ4v) is 4.90. The summed E-state index contributed by atoms with van der Waals surface area (Å²) in [5.41, 5.74) is 2.18. The van der Waals surface area contributed by atoms with E-state index in [1.165, 1.54) is 35.1 Å². The monoisotopic (exact) mass is 551 g/mol. The van der Waals surface area contributed by atoms with E-state index in [4.69, 9.17) is 0 Å². The SMILES string of the molecule is O=S(=O)([O-])c1ccc2c(ccc3nn(-c4ccc(/C=C/c5ccccc5)c(S(=O)(=O)[O-])c4)nc32)c1.[Na+].[Na+].